The van der Waals surface area contributed by atoms with E-state index in [9.17, 15) is 13.6 Å². The van der Waals surface area contributed by atoms with Crippen molar-refractivity contribution in [3.8, 4) is 0 Å². The van der Waals surface area contributed by atoms with E-state index in [2.05, 4.69) is 5.32 Å². The fourth-order valence-corrected chi connectivity index (χ4v) is 3.02. The second-order valence-corrected chi connectivity index (χ2v) is 5.90. The van der Waals surface area contributed by atoms with E-state index in [0.717, 1.165) is 28.3 Å². The molecule has 1 aromatic heterocycles. The monoisotopic (exact) mass is 317 g/mol. The van der Waals surface area contributed by atoms with Crippen LogP contribution >= 0.6 is 11.3 Å². The molecule has 2 aromatic carbocycles. The van der Waals surface area contributed by atoms with Crippen LogP contribution in [0.1, 0.15) is 12.0 Å². The highest BCUT2D eigenvalue weighted by Gasteiger charge is 2.08. The van der Waals surface area contributed by atoms with Gasteiger partial charge in [-0.3, -0.25) is 4.79 Å². The van der Waals surface area contributed by atoms with Crippen molar-refractivity contribution in [2.75, 3.05) is 5.32 Å². The van der Waals surface area contributed by atoms with Crippen LogP contribution < -0.4 is 5.32 Å². The number of hydrogen-bond donors (Lipinski definition) is 1. The van der Waals surface area contributed by atoms with Crippen LogP contribution in [-0.2, 0) is 11.2 Å². The van der Waals surface area contributed by atoms with E-state index < -0.39 is 11.6 Å². The molecule has 3 rings (SSSR count). The van der Waals surface area contributed by atoms with Crippen LogP contribution in [0.4, 0.5) is 14.5 Å². The summed E-state index contributed by atoms with van der Waals surface area (Å²) in [5, 5.41) is 5.84. The van der Waals surface area contributed by atoms with Crippen molar-refractivity contribution < 1.29 is 13.6 Å². The minimum atomic E-state index is -0.500. The fourth-order valence-electron chi connectivity index (χ4n) is 2.25. The smallest absolute Gasteiger partial charge is 0.224 e. The quantitative estimate of drug-likeness (QED) is 0.739. The molecule has 1 heterocycles. The Morgan fingerprint density at radius 3 is 2.82 bits per heavy atom. The lowest BCUT2D eigenvalue weighted by molar-refractivity contribution is -0.116. The van der Waals surface area contributed by atoms with Gasteiger partial charge >= 0.3 is 0 Å². The van der Waals surface area contributed by atoms with Crippen molar-refractivity contribution in [1.82, 2.24) is 0 Å². The summed E-state index contributed by atoms with van der Waals surface area (Å²) in [5.41, 5.74) is 0.916. The Morgan fingerprint density at radius 2 is 1.95 bits per heavy atom. The summed E-state index contributed by atoms with van der Waals surface area (Å²) in [6, 6.07) is 10.9. The largest absolute Gasteiger partial charge is 0.326 e. The summed E-state index contributed by atoms with van der Waals surface area (Å²) in [6.07, 6.45) is 0.262. The number of halogens is 2. The average Bonchev–Trinajstić information content (AvgIpc) is 2.96. The third-order valence-electron chi connectivity index (χ3n) is 3.37. The molecule has 0 aliphatic rings. The molecule has 0 aliphatic heterocycles. The summed E-state index contributed by atoms with van der Waals surface area (Å²) in [7, 11) is 0. The number of benzene rings is 2. The maximum Gasteiger partial charge on any atom is 0.224 e. The van der Waals surface area contributed by atoms with Crippen LogP contribution in [0.25, 0.3) is 10.1 Å². The highest BCUT2D eigenvalue weighted by atomic mass is 32.1. The van der Waals surface area contributed by atoms with Gasteiger partial charge in [0.25, 0.3) is 0 Å². The van der Waals surface area contributed by atoms with Crippen LogP contribution in [0.15, 0.2) is 47.8 Å². The lowest BCUT2D eigenvalue weighted by Crippen LogP contribution is -2.12. The molecule has 112 valence electrons. The van der Waals surface area contributed by atoms with Crippen LogP contribution in [0, 0.1) is 11.6 Å². The first kappa shape index (κ1) is 14.7. The molecule has 0 unspecified atom stereocenters. The number of thiophene rings is 1. The molecule has 5 heteroatoms. The van der Waals surface area contributed by atoms with Gasteiger partial charge in [-0.1, -0.05) is 0 Å². The fraction of sp³-hybridized carbons (Fsp3) is 0.118. The number of carbonyl (C=O) groups excluding carboxylic acids is 1. The number of rotatable bonds is 4. The summed E-state index contributed by atoms with van der Waals surface area (Å²) in [5.74, 6) is -1.22. The highest BCUT2D eigenvalue weighted by Crippen LogP contribution is 2.24. The van der Waals surface area contributed by atoms with Crippen molar-refractivity contribution >= 4 is 33.0 Å². The Hall–Kier alpha value is -2.27. The van der Waals surface area contributed by atoms with Gasteiger partial charge in [-0.2, -0.15) is 0 Å². The molecule has 0 fully saturated rings. The zero-order valence-corrected chi connectivity index (χ0v) is 12.4. The number of aryl methyl sites for hydroxylation is 1. The minimum Gasteiger partial charge on any atom is -0.326 e. The molecule has 3 aromatic rings. The van der Waals surface area contributed by atoms with E-state index in [1.54, 1.807) is 11.3 Å². The SMILES string of the molecule is O=C(CCc1cc(F)ccc1F)Nc1ccc2sccc2c1. The van der Waals surface area contributed by atoms with Crippen molar-refractivity contribution in [2.45, 2.75) is 12.8 Å². The van der Waals surface area contributed by atoms with E-state index in [1.165, 1.54) is 0 Å². The summed E-state index contributed by atoms with van der Waals surface area (Å²) < 4.78 is 27.7. The summed E-state index contributed by atoms with van der Waals surface area (Å²) in [4.78, 5) is 11.9. The van der Waals surface area contributed by atoms with Crippen LogP contribution in [0.2, 0.25) is 0 Å². The molecule has 0 aliphatic carbocycles. The van der Waals surface area contributed by atoms with E-state index in [0.29, 0.717) is 5.69 Å². The minimum absolute atomic E-state index is 0.0993. The first-order valence-corrected chi connectivity index (χ1v) is 7.71. The summed E-state index contributed by atoms with van der Waals surface area (Å²) >= 11 is 1.64. The molecule has 0 saturated heterocycles. The molecule has 2 nitrogen and oxygen atoms in total. The molecule has 0 radical (unpaired) electrons. The standard InChI is InChI=1S/C17H13F2NOS/c18-13-2-4-15(19)11(9-13)1-6-17(21)20-14-3-5-16-12(10-14)7-8-22-16/h2-5,7-10H,1,6H2,(H,20,21). The first-order valence-electron chi connectivity index (χ1n) is 6.83. The predicted octanol–water partition coefficient (Wildman–Crippen LogP) is 4.75. The molecular formula is C17H13F2NOS. The van der Waals surface area contributed by atoms with Gasteiger partial charge in [-0.15, -0.1) is 11.3 Å². The molecule has 0 atom stereocenters. The number of carbonyl (C=O) groups is 1. The van der Waals surface area contributed by atoms with Gasteiger partial charge in [-0.25, -0.2) is 8.78 Å². The molecule has 0 bridgehead atoms. The molecular weight excluding hydrogens is 304 g/mol. The van der Waals surface area contributed by atoms with Gasteiger partial charge in [0, 0.05) is 16.8 Å². The number of hydrogen-bond acceptors (Lipinski definition) is 2. The first-order chi connectivity index (χ1) is 10.6. The van der Waals surface area contributed by atoms with Crippen LogP contribution in [0.5, 0.6) is 0 Å². The molecule has 0 spiro atoms. The maximum absolute atomic E-state index is 13.5. The van der Waals surface area contributed by atoms with Gasteiger partial charge in [0.05, 0.1) is 0 Å². The Balaban J connectivity index is 1.63. The number of anilines is 1. The molecule has 1 amide bonds. The summed E-state index contributed by atoms with van der Waals surface area (Å²) in [6.45, 7) is 0. The lowest BCUT2D eigenvalue weighted by Gasteiger charge is -2.06. The third-order valence-corrected chi connectivity index (χ3v) is 4.26. The Kier molecular flexibility index (Phi) is 4.15. The van der Waals surface area contributed by atoms with E-state index in [4.69, 9.17) is 0 Å². The number of amides is 1. The van der Waals surface area contributed by atoms with Crippen molar-refractivity contribution in [1.29, 1.82) is 0 Å². The van der Waals surface area contributed by atoms with Gasteiger partial charge in [0.2, 0.25) is 5.91 Å². The molecule has 22 heavy (non-hydrogen) atoms. The van der Waals surface area contributed by atoms with Crippen molar-refractivity contribution in [3.63, 3.8) is 0 Å². The number of nitrogens with one attached hydrogen (secondary N) is 1. The van der Waals surface area contributed by atoms with Gasteiger partial charge < -0.3 is 5.32 Å². The predicted molar refractivity (Wildman–Crippen MR) is 85.1 cm³/mol. The number of fused-ring (bicyclic) bond motifs is 1. The van der Waals surface area contributed by atoms with Gasteiger partial charge in [-0.05, 0) is 65.2 Å². The van der Waals surface area contributed by atoms with Crippen molar-refractivity contribution in [3.05, 3.63) is 65.0 Å². The second-order valence-electron chi connectivity index (χ2n) is 4.96. The highest BCUT2D eigenvalue weighted by molar-refractivity contribution is 7.17. The zero-order valence-electron chi connectivity index (χ0n) is 11.6. The van der Waals surface area contributed by atoms with Gasteiger partial charge in [0.1, 0.15) is 11.6 Å². The Bertz CT molecular complexity index is 828. The third kappa shape index (κ3) is 3.31. The maximum atomic E-state index is 13.5. The lowest BCUT2D eigenvalue weighted by atomic mass is 10.1. The Labute approximate surface area is 130 Å². The molecule has 0 saturated carbocycles. The second kappa shape index (κ2) is 6.23. The topological polar surface area (TPSA) is 29.1 Å². The van der Waals surface area contributed by atoms with E-state index >= 15 is 0 Å². The van der Waals surface area contributed by atoms with Crippen molar-refractivity contribution in [2.24, 2.45) is 0 Å². The normalized spacial score (nSPS) is 10.8. The van der Waals surface area contributed by atoms with E-state index in [-0.39, 0.29) is 24.3 Å². The average molecular weight is 317 g/mol. The Morgan fingerprint density at radius 1 is 1.09 bits per heavy atom. The van der Waals surface area contributed by atoms with E-state index in [1.807, 2.05) is 29.6 Å². The molecule has 1 N–H and O–H groups in total. The van der Waals surface area contributed by atoms with Gasteiger partial charge in [0.15, 0.2) is 0 Å². The van der Waals surface area contributed by atoms with Crippen LogP contribution in [-0.4, -0.2) is 5.91 Å². The van der Waals surface area contributed by atoms with Crippen LogP contribution in [0.3, 0.4) is 0 Å². The zero-order chi connectivity index (χ0) is 15.5.